The number of benzene rings is 1. The van der Waals surface area contributed by atoms with E-state index in [2.05, 4.69) is 15.1 Å². The minimum atomic E-state index is 0.274. The summed E-state index contributed by atoms with van der Waals surface area (Å²) < 4.78 is 5.63. The number of para-hydroxylation sites is 1. The summed E-state index contributed by atoms with van der Waals surface area (Å²) in [6, 6.07) is 9.11. The summed E-state index contributed by atoms with van der Waals surface area (Å²) in [5.41, 5.74) is 1.25. The molecule has 0 aliphatic rings. The number of ether oxygens (including phenoxy) is 1. The Hall–Kier alpha value is -2.43. The highest BCUT2D eigenvalue weighted by atomic mass is 16.5. The molecular formula is C13H13N3O2. The van der Waals surface area contributed by atoms with Gasteiger partial charge < -0.3 is 9.94 Å². The topological polar surface area (TPSA) is 67.6 Å². The van der Waals surface area contributed by atoms with E-state index >= 15 is 0 Å². The molecule has 0 radical (unpaired) electrons. The number of hydrogen-bond donors (Lipinski definition) is 1. The van der Waals surface area contributed by atoms with Gasteiger partial charge in [-0.25, -0.2) is 9.97 Å². The van der Waals surface area contributed by atoms with Gasteiger partial charge in [0, 0.05) is 18.0 Å². The van der Waals surface area contributed by atoms with Gasteiger partial charge in [0.05, 0.1) is 5.71 Å². The molecule has 0 saturated heterocycles. The van der Waals surface area contributed by atoms with E-state index in [-0.39, 0.29) is 6.61 Å². The Morgan fingerprint density at radius 2 is 1.94 bits per heavy atom. The summed E-state index contributed by atoms with van der Waals surface area (Å²) in [7, 11) is 0. The van der Waals surface area contributed by atoms with Crippen molar-refractivity contribution >= 4 is 5.71 Å². The van der Waals surface area contributed by atoms with Crippen LogP contribution in [0.2, 0.25) is 0 Å². The summed E-state index contributed by atoms with van der Waals surface area (Å²) >= 11 is 0. The molecule has 1 N–H and O–H groups in total. The minimum Gasteiger partial charge on any atom is -0.485 e. The Balaban J connectivity index is 2.15. The highest BCUT2D eigenvalue weighted by Crippen LogP contribution is 2.19. The molecule has 2 aromatic rings. The van der Waals surface area contributed by atoms with Crippen LogP contribution in [0.4, 0.5) is 0 Å². The lowest BCUT2D eigenvalue weighted by Gasteiger charge is -2.09. The van der Waals surface area contributed by atoms with Crippen LogP contribution in [0.25, 0.3) is 0 Å². The third kappa shape index (κ3) is 2.82. The highest BCUT2D eigenvalue weighted by Gasteiger charge is 2.07. The minimum absolute atomic E-state index is 0.274. The summed E-state index contributed by atoms with van der Waals surface area (Å²) in [5.74, 6) is 1.24. The Kier molecular flexibility index (Phi) is 3.86. The predicted molar refractivity (Wildman–Crippen MR) is 66.8 cm³/mol. The molecule has 0 bridgehead atoms. The fraction of sp³-hybridized carbons (Fsp3) is 0.154. The molecule has 18 heavy (non-hydrogen) atoms. The maximum absolute atomic E-state index is 8.81. The van der Waals surface area contributed by atoms with Crippen LogP contribution in [0.5, 0.6) is 5.75 Å². The molecule has 1 heterocycles. The van der Waals surface area contributed by atoms with Crippen LogP contribution in [-0.2, 0) is 6.61 Å². The zero-order valence-corrected chi connectivity index (χ0v) is 9.95. The van der Waals surface area contributed by atoms with Gasteiger partial charge in [-0.05, 0) is 25.1 Å². The third-order valence-electron chi connectivity index (χ3n) is 2.40. The van der Waals surface area contributed by atoms with Gasteiger partial charge in [-0.3, -0.25) is 0 Å². The van der Waals surface area contributed by atoms with Crippen molar-refractivity contribution in [1.82, 2.24) is 9.97 Å². The van der Waals surface area contributed by atoms with Crippen molar-refractivity contribution in [1.29, 1.82) is 0 Å². The lowest BCUT2D eigenvalue weighted by molar-refractivity contribution is 0.294. The van der Waals surface area contributed by atoms with Crippen molar-refractivity contribution in [3.8, 4) is 5.75 Å². The summed E-state index contributed by atoms with van der Waals surface area (Å²) in [6.07, 6.45) is 3.33. The van der Waals surface area contributed by atoms with E-state index < -0.39 is 0 Å². The standard InChI is InChI=1S/C13H13N3O2/c1-10(16-17)11-5-2-3-6-12(11)18-9-13-14-7-4-8-15-13/h2-8,17H,9H2,1H3. The highest BCUT2D eigenvalue weighted by molar-refractivity contribution is 6.00. The van der Waals surface area contributed by atoms with Crippen molar-refractivity contribution in [3.63, 3.8) is 0 Å². The van der Waals surface area contributed by atoms with Gasteiger partial charge in [-0.1, -0.05) is 17.3 Å². The Bertz CT molecular complexity index is 541. The number of oxime groups is 1. The number of aromatic nitrogens is 2. The first-order valence-corrected chi connectivity index (χ1v) is 5.48. The van der Waals surface area contributed by atoms with E-state index in [0.29, 0.717) is 17.3 Å². The fourth-order valence-electron chi connectivity index (χ4n) is 1.49. The van der Waals surface area contributed by atoms with Crippen LogP contribution < -0.4 is 4.74 Å². The maximum Gasteiger partial charge on any atom is 0.166 e. The fourth-order valence-corrected chi connectivity index (χ4v) is 1.49. The number of rotatable bonds is 4. The van der Waals surface area contributed by atoms with Crippen molar-refractivity contribution in [2.75, 3.05) is 0 Å². The van der Waals surface area contributed by atoms with Crippen molar-refractivity contribution in [2.45, 2.75) is 13.5 Å². The quantitative estimate of drug-likeness (QED) is 0.508. The van der Waals surface area contributed by atoms with Crippen LogP contribution in [0.3, 0.4) is 0 Å². The number of hydrogen-bond acceptors (Lipinski definition) is 5. The van der Waals surface area contributed by atoms with Crippen molar-refractivity contribution in [2.24, 2.45) is 5.16 Å². The van der Waals surface area contributed by atoms with E-state index in [1.165, 1.54) is 0 Å². The van der Waals surface area contributed by atoms with Crippen LogP contribution in [0.15, 0.2) is 47.9 Å². The molecule has 0 unspecified atom stereocenters. The molecule has 0 fully saturated rings. The summed E-state index contributed by atoms with van der Waals surface area (Å²) in [6.45, 7) is 1.98. The maximum atomic E-state index is 8.81. The normalized spacial score (nSPS) is 11.3. The average Bonchev–Trinajstić information content (AvgIpc) is 2.45. The van der Waals surface area contributed by atoms with Crippen LogP contribution in [0.1, 0.15) is 18.3 Å². The van der Waals surface area contributed by atoms with Crippen LogP contribution >= 0.6 is 0 Å². The second-order valence-corrected chi connectivity index (χ2v) is 3.64. The second-order valence-electron chi connectivity index (χ2n) is 3.64. The van der Waals surface area contributed by atoms with Gasteiger partial charge in [-0.15, -0.1) is 0 Å². The van der Waals surface area contributed by atoms with E-state index in [4.69, 9.17) is 9.94 Å². The molecule has 5 heteroatoms. The first-order chi connectivity index (χ1) is 8.81. The summed E-state index contributed by atoms with van der Waals surface area (Å²) in [4.78, 5) is 8.15. The van der Waals surface area contributed by atoms with E-state index in [0.717, 1.165) is 5.56 Å². The molecule has 5 nitrogen and oxygen atoms in total. The molecule has 0 aliphatic heterocycles. The van der Waals surface area contributed by atoms with Crippen LogP contribution in [0, 0.1) is 0 Å². The second kappa shape index (κ2) is 5.77. The third-order valence-corrected chi connectivity index (χ3v) is 2.40. The Labute approximate surface area is 105 Å². The van der Waals surface area contributed by atoms with Crippen molar-refractivity contribution in [3.05, 3.63) is 54.1 Å². The molecular weight excluding hydrogens is 230 g/mol. The van der Waals surface area contributed by atoms with Gasteiger partial charge in [-0.2, -0.15) is 0 Å². The molecule has 0 aliphatic carbocycles. The van der Waals surface area contributed by atoms with Crippen molar-refractivity contribution < 1.29 is 9.94 Å². The zero-order chi connectivity index (χ0) is 12.8. The van der Waals surface area contributed by atoms with Crippen LogP contribution in [-0.4, -0.2) is 20.9 Å². The Morgan fingerprint density at radius 1 is 1.22 bits per heavy atom. The summed E-state index contributed by atoms with van der Waals surface area (Å²) in [5, 5.41) is 12.0. The smallest absolute Gasteiger partial charge is 0.166 e. The monoisotopic (exact) mass is 243 g/mol. The molecule has 2 rings (SSSR count). The molecule has 0 spiro atoms. The lowest BCUT2D eigenvalue weighted by Crippen LogP contribution is -2.04. The largest absolute Gasteiger partial charge is 0.485 e. The molecule has 0 saturated carbocycles. The average molecular weight is 243 g/mol. The first kappa shape index (κ1) is 12.0. The van der Waals surface area contributed by atoms with E-state index in [9.17, 15) is 0 Å². The van der Waals surface area contributed by atoms with Gasteiger partial charge in [0.1, 0.15) is 12.4 Å². The zero-order valence-electron chi connectivity index (χ0n) is 9.95. The van der Waals surface area contributed by atoms with E-state index in [1.54, 1.807) is 25.4 Å². The van der Waals surface area contributed by atoms with Gasteiger partial charge in [0.2, 0.25) is 0 Å². The molecule has 0 amide bonds. The number of nitrogens with zero attached hydrogens (tertiary/aromatic N) is 3. The molecule has 1 aromatic carbocycles. The Morgan fingerprint density at radius 3 is 2.67 bits per heavy atom. The molecule has 92 valence electrons. The van der Waals surface area contributed by atoms with E-state index in [1.807, 2.05) is 24.3 Å². The predicted octanol–water partition coefficient (Wildman–Crippen LogP) is 2.25. The SMILES string of the molecule is CC(=NO)c1ccccc1OCc1ncccn1. The van der Waals surface area contributed by atoms with Gasteiger partial charge >= 0.3 is 0 Å². The first-order valence-electron chi connectivity index (χ1n) is 5.48. The lowest BCUT2D eigenvalue weighted by atomic mass is 10.1. The molecule has 0 atom stereocenters. The van der Waals surface area contributed by atoms with Gasteiger partial charge in [0.25, 0.3) is 0 Å². The molecule has 1 aromatic heterocycles. The van der Waals surface area contributed by atoms with Gasteiger partial charge in [0.15, 0.2) is 5.82 Å².